The molecular formula is C89H95F20N17O6. The lowest BCUT2D eigenvalue weighted by Crippen LogP contribution is -2.43. The summed E-state index contributed by atoms with van der Waals surface area (Å²) >= 11 is 0. The lowest BCUT2D eigenvalue weighted by atomic mass is 9.85. The Morgan fingerprint density at radius 2 is 0.674 bits per heavy atom. The van der Waals surface area contributed by atoms with Crippen LogP contribution in [0, 0.1) is 52.5 Å². The number of piperidine rings is 5. The Hall–Kier alpha value is -11.1. The Labute approximate surface area is 743 Å². The van der Waals surface area contributed by atoms with Crippen LogP contribution in [-0.2, 0) is 81.5 Å². The minimum atomic E-state index is -5.03. The third-order valence-electron chi connectivity index (χ3n) is 26.9. The number of nitrogens with one attached hydrogen (secondary N) is 4. The summed E-state index contributed by atoms with van der Waals surface area (Å²) in [4.78, 5) is 92.6. The zero-order valence-corrected chi connectivity index (χ0v) is 71.8. The fraction of sp³-hybridized carbons (Fsp3) is 0.528. The molecule has 0 atom stereocenters. The average Bonchev–Trinajstić information content (AvgIpc) is 1.34. The number of hydrogen-bond acceptors (Lipinski definition) is 12. The van der Waals surface area contributed by atoms with Gasteiger partial charge in [-0.25, -0.2) is 39.9 Å². The maximum absolute atomic E-state index is 14.0. The first-order valence-electron chi connectivity index (χ1n) is 44.0. The monoisotopic (exact) mass is 1880 g/mol. The van der Waals surface area contributed by atoms with E-state index in [0.29, 0.717) is 73.4 Å². The van der Waals surface area contributed by atoms with E-state index in [4.69, 9.17) is 0 Å². The molecule has 10 aliphatic rings. The summed E-state index contributed by atoms with van der Waals surface area (Å²) in [6.45, 7) is 12.9. The molecule has 4 N–H and O–H groups in total. The van der Waals surface area contributed by atoms with E-state index in [0.717, 1.165) is 136 Å². The molecule has 18 rings (SSSR count). The Bertz CT molecular complexity index is 5610. The molecule has 0 unspecified atom stereocenters. The van der Waals surface area contributed by atoms with Crippen LogP contribution in [0.25, 0.3) is 0 Å². The first-order chi connectivity index (χ1) is 62.6. The number of alkyl halides is 12. The van der Waals surface area contributed by atoms with Gasteiger partial charge in [-0.2, -0.15) is 73.1 Å². The van der Waals surface area contributed by atoms with Crippen LogP contribution in [0.4, 0.5) is 92.6 Å². The van der Waals surface area contributed by atoms with Crippen molar-refractivity contribution >= 4 is 35.6 Å². The molecule has 4 aromatic carbocycles. The van der Waals surface area contributed by atoms with Crippen molar-refractivity contribution in [2.24, 2.45) is 5.92 Å². The van der Waals surface area contributed by atoms with Gasteiger partial charge in [0, 0.05) is 146 Å². The fourth-order valence-electron chi connectivity index (χ4n) is 19.7. The maximum atomic E-state index is 14.0. The lowest BCUT2D eigenvalue weighted by Gasteiger charge is -2.33. The number of likely N-dealkylation sites (N-methyl/N-ethyl adjacent to an activating group) is 1. The summed E-state index contributed by atoms with van der Waals surface area (Å²) in [5, 5.41) is 28.3. The molecule has 13 heterocycles. The smallest absolute Gasteiger partial charge is 0.337 e. The van der Waals surface area contributed by atoms with Gasteiger partial charge in [0.2, 0.25) is 5.91 Å². The Morgan fingerprint density at radius 1 is 0.341 bits per heavy atom. The van der Waals surface area contributed by atoms with Crippen LogP contribution >= 0.6 is 0 Å². The van der Waals surface area contributed by atoms with E-state index in [1.165, 1.54) is 29.6 Å². The van der Waals surface area contributed by atoms with E-state index < -0.39 is 123 Å². The van der Waals surface area contributed by atoms with Crippen molar-refractivity contribution in [1.29, 1.82) is 0 Å². The van der Waals surface area contributed by atoms with Gasteiger partial charge in [-0.05, 0) is 185 Å². The summed E-state index contributed by atoms with van der Waals surface area (Å²) in [7, 11) is 0. The molecule has 0 spiro atoms. The fourth-order valence-corrected chi connectivity index (χ4v) is 19.7. The van der Waals surface area contributed by atoms with Crippen LogP contribution in [0.3, 0.4) is 0 Å². The van der Waals surface area contributed by atoms with Crippen molar-refractivity contribution in [2.75, 3.05) is 98.2 Å². The molecule has 23 nitrogen and oxygen atoms in total. The number of H-pyrrole nitrogens is 4. The highest BCUT2D eigenvalue weighted by atomic mass is 19.4. The first-order valence-corrected chi connectivity index (χ1v) is 44.0. The van der Waals surface area contributed by atoms with Crippen LogP contribution in [0.2, 0.25) is 0 Å². The van der Waals surface area contributed by atoms with Crippen LogP contribution in [0.1, 0.15) is 252 Å². The molecule has 9 aliphatic heterocycles. The molecule has 132 heavy (non-hydrogen) atoms. The average molecular weight is 1880 g/mol. The topological polar surface area (TPSA) is 246 Å². The Morgan fingerprint density at radius 3 is 1.04 bits per heavy atom. The molecule has 1 saturated carbocycles. The van der Waals surface area contributed by atoms with E-state index in [1.807, 2.05) is 4.90 Å². The summed E-state index contributed by atoms with van der Waals surface area (Å²) in [6, 6.07) is 5.37. The second kappa shape index (κ2) is 38.8. The number of nitrogens with zero attached hydrogens (tertiary/aromatic N) is 13. The summed E-state index contributed by atoms with van der Waals surface area (Å²) in [5.74, 6) is -15.3. The Kier molecular flexibility index (Phi) is 28.1. The number of rotatable bonds is 11. The predicted octanol–water partition coefficient (Wildman–Crippen LogP) is 16.9. The summed E-state index contributed by atoms with van der Waals surface area (Å²) in [5.41, 5.74) is 0.371. The van der Waals surface area contributed by atoms with E-state index in [9.17, 15) is 117 Å². The number of urea groups is 1. The summed E-state index contributed by atoms with van der Waals surface area (Å²) < 4.78 is 271. The third kappa shape index (κ3) is 20.6. The standard InChI is InChI=1S/C24H26F5N5O2.C23H25F5N4O.C21H21F5N4O2.C21H23F5N4O/c25-17-5-4-15(19(20(17)26)24(27,28)29)14-6-10-32(11-7-14)22(35)21-16-12-34(13-18(16)30-31-21)23(36)33-8-2-1-3-9-33;24-15-9-17(20(18(25)10-15)23(26,27)28)14-3-7-32(8-4-14)22(33)21-16-5-6-31(11-13-1-2-13)12-19(16)29-30-21;1-11(31)30-7-4-14-17(10-30)27-28-19(14)20(32)29-5-2-12(3-6-29)15-8-13(22)9-16(23)18(15)21(24,25)26;1-2-29-8-7-14-16(11-29)27-28-19(14)20(31)30-9-5-12(6-10-30)13-3-4-15(22)18(23)17(13)21(24,25)26/h4-5,14H,1-3,6-13H2,(H,30,31);9-10,13-14H,1-8,11-12H2,(H,29,30);8-9,12H,2-7,10H2,1H3,(H,27,28);3-4,12H,2,5-11H2,1H3,(H,27,28). The number of halogens is 20. The number of amides is 7. The second-order valence-corrected chi connectivity index (χ2v) is 35.2. The first kappa shape index (κ1) is 95.5. The van der Waals surface area contributed by atoms with Crippen LogP contribution < -0.4 is 0 Å². The van der Waals surface area contributed by atoms with Gasteiger partial charge < -0.3 is 34.3 Å². The number of aromatic amines is 4. The van der Waals surface area contributed by atoms with Gasteiger partial charge in [0.05, 0.1) is 64.7 Å². The number of benzene rings is 4. The van der Waals surface area contributed by atoms with Gasteiger partial charge in [-0.3, -0.25) is 54.2 Å². The molecule has 712 valence electrons. The van der Waals surface area contributed by atoms with Gasteiger partial charge in [-0.1, -0.05) is 19.1 Å². The number of fused-ring (bicyclic) bond motifs is 4. The molecule has 5 saturated heterocycles. The zero-order chi connectivity index (χ0) is 94.5. The van der Waals surface area contributed by atoms with Crippen molar-refractivity contribution in [2.45, 2.75) is 198 Å². The van der Waals surface area contributed by atoms with Gasteiger partial charge in [0.15, 0.2) is 46.0 Å². The Balaban J connectivity index is 0.000000135. The van der Waals surface area contributed by atoms with Gasteiger partial charge in [0.25, 0.3) is 23.6 Å². The predicted molar refractivity (Wildman–Crippen MR) is 433 cm³/mol. The van der Waals surface area contributed by atoms with E-state index in [-0.39, 0.29) is 186 Å². The molecule has 0 bridgehead atoms. The second-order valence-electron chi connectivity index (χ2n) is 35.2. The van der Waals surface area contributed by atoms with E-state index >= 15 is 0 Å². The van der Waals surface area contributed by atoms with Crippen LogP contribution in [0.15, 0.2) is 48.5 Å². The maximum Gasteiger partial charge on any atom is 0.419 e. The highest BCUT2D eigenvalue weighted by Gasteiger charge is 2.47. The molecule has 1 aliphatic carbocycles. The van der Waals surface area contributed by atoms with Crippen molar-refractivity contribution in [3.8, 4) is 0 Å². The van der Waals surface area contributed by atoms with Gasteiger partial charge in [0.1, 0.15) is 23.3 Å². The molecule has 43 heteroatoms. The minimum absolute atomic E-state index is 0.0643. The molecule has 8 aromatic rings. The number of aromatic nitrogens is 8. The SMILES string of the molecule is CC(=O)N1CCc2c(C(=O)N3CCC(c4cc(F)cc(F)c4C(F)(F)F)CC3)n[nH]c2C1.CCN1CCc2c(C(=O)N3CCC(c4ccc(F)c(F)c4C(F)(F)F)CC3)n[nH]c2C1.O=C(c1n[nH]c2c1CCN(CC1CC1)C2)N1CCC(c2cc(F)cc(F)c2C(F)(F)F)CC1.O=C(c1n[nH]c2c1CN(C(=O)N1CCCCC1)C2)N1CCC(c2ccc(F)c(F)c2C(F)(F)F)CC1. The van der Waals surface area contributed by atoms with E-state index in [2.05, 4.69) is 57.5 Å². The number of likely N-dealkylation sites (tertiary alicyclic amines) is 5. The van der Waals surface area contributed by atoms with Gasteiger partial charge >= 0.3 is 30.7 Å². The zero-order valence-electron chi connectivity index (χ0n) is 71.8. The molecular weight excluding hydrogens is 1780 g/mol. The van der Waals surface area contributed by atoms with Crippen molar-refractivity contribution in [3.63, 3.8) is 0 Å². The van der Waals surface area contributed by atoms with Crippen molar-refractivity contribution < 1.29 is 117 Å². The molecule has 6 fully saturated rings. The minimum Gasteiger partial charge on any atom is -0.337 e. The van der Waals surface area contributed by atoms with Crippen LogP contribution in [-0.4, -0.2) is 219 Å². The highest BCUT2D eigenvalue weighted by molar-refractivity contribution is 5.96. The summed E-state index contributed by atoms with van der Waals surface area (Å²) in [6.07, 6.45) is -10.9. The number of carbonyl (C=O) groups is 6. The number of hydrogen-bond donors (Lipinski definition) is 4. The normalized spacial score (nSPS) is 18.8. The van der Waals surface area contributed by atoms with Crippen molar-refractivity contribution in [3.05, 3.63) is 207 Å². The quantitative estimate of drug-likeness (QED) is 0.0883. The molecule has 4 aromatic heterocycles. The highest BCUT2D eigenvalue weighted by Crippen LogP contribution is 2.47. The lowest BCUT2D eigenvalue weighted by molar-refractivity contribution is -0.142. The van der Waals surface area contributed by atoms with Crippen LogP contribution in [0.5, 0.6) is 0 Å². The van der Waals surface area contributed by atoms with Gasteiger partial charge in [-0.15, -0.1) is 0 Å². The molecule has 7 amide bonds. The third-order valence-corrected chi connectivity index (χ3v) is 26.9. The number of carbonyl (C=O) groups excluding carboxylic acids is 6. The van der Waals surface area contributed by atoms with E-state index in [1.54, 1.807) is 19.6 Å². The van der Waals surface area contributed by atoms with Crippen molar-refractivity contribution in [1.82, 2.24) is 84.9 Å². The molecule has 0 radical (unpaired) electrons. The largest absolute Gasteiger partial charge is 0.419 e.